The second kappa shape index (κ2) is 6.86. The molecule has 6 heteroatoms. The smallest absolute Gasteiger partial charge is 0.491 e. The molecule has 1 unspecified atom stereocenters. The first-order valence-corrected chi connectivity index (χ1v) is 8.07. The van der Waals surface area contributed by atoms with E-state index in [4.69, 9.17) is 9.31 Å². The Balaban J connectivity index is 2.13. The number of nitrogens with zero attached hydrogens (tertiary/aromatic N) is 1. The highest BCUT2D eigenvalue weighted by atomic mass is 16.6. The minimum atomic E-state index is -0.973. The molecule has 2 fully saturated rings. The largest absolute Gasteiger partial charge is 0.631 e. The predicted octanol–water partition coefficient (Wildman–Crippen LogP) is 2.27. The molecule has 0 amide bonds. The first-order chi connectivity index (χ1) is 10.3. The van der Waals surface area contributed by atoms with Crippen molar-refractivity contribution in [1.29, 1.82) is 0 Å². The topological polar surface area (TPSA) is 52.6 Å². The average molecular weight is 307 g/mol. The molecule has 122 valence electrons. The molecule has 1 saturated carbocycles. The molecule has 0 radical (unpaired) electrons. The van der Waals surface area contributed by atoms with E-state index in [-0.39, 0.29) is 23.6 Å². The fourth-order valence-corrected chi connectivity index (χ4v) is 3.46. The van der Waals surface area contributed by atoms with E-state index in [9.17, 15) is 9.59 Å². The number of allylic oxidation sites excluding steroid dienone is 1. The van der Waals surface area contributed by atoms with Gasteiger partial charge in [-0.25, -0.2) is 9.59 Å². The van der Waals surface area contributed by atoms with Crippen LogP contribution in [0, 0.1) is 13.0 Å². The van der Waals surface area contributed by atoms with Gasteiger partial charge in [-0.2, -0.15) is 0 Å². The van der Waals surface area contributed by atoms with Gasteiger partial charge in [0.2, 0.25) is 0 Å². The highest BCUT2D eigenvalue weighted by Crippen LogP contribution is 2.32. The van der Waals surface area contributed by atoms with Gasteiger partial charge in [0.15, 0.2) is 13.1 Å². The van der Waals surface area contributed by atoms with E-state index in [1.54, 1.807) is 6.92 Å². The Morgan fingerprint density at radius 1 is 1.23 bits per heavy atom. The van der Waals surface area contributed by atoms with Crippen molar-refractivity contribution in [3.63, 3.8) is 0 Å². The highest BCUT2D eigenvalue weighted by Gasteiger charge is 2.41. The fourth-order valence-electron chi connectivity index (χ4n) is 3.46. The maximum Gasteiger partial charge on any atom is 0.631 e. The molecule has 22 heavy (non-hydrogen) atoms. The molecule has 0 aromatic rings. The quantitative estimate of drug-likeness (QED) is 0.456. The first kappa shape index (κ1) is 17.1. The van der Waals surface area contributed by atoms with Crippen LogP contribution in [0.1, 0.15) is 46.0 Å². The molecule has 1 atom stereocenters. The van der Waals surface area contributed by atoms with Crippen molar-refractivity contribution in [2.75, 3.05) is 13.1 Å². The number of quaternary nitrogens is 1. The molecule has 1 saturated heterocycles. The van der Waals surface area contributed by atoms with Gasteiger partial charge in [-0.3, -0.25) is 0 Å². The third-order valence-electron chi connectivity index (χ3n) is 4.96. The van der Waals surface area contributed by atoms with E-state index in [0.29, 0.717) is 11.4 Å². The van der Waals surface area contributed by atoms with Crippen LogP contribution in [0.15, 0.2) is 12.1 Å². The van der Waals surface area contributed by atoms with Gasteiger partial charge in [0.25, 0.3) is 0 Å². The third kappa shape index (κ3) is 3.91. The molecule has 1 aliphatic carbocycles. The molecular formula is C16H26BNO4. The number of carbonyl (C=O) groups is 2. The summed E-state index contributed by atoms with van der Waals surface area (Å²) in [5, 5.41) is 0. The minimum Gasteiger partial charge on any atom is -0.491 e. The lowest BCUT2D eigenvalue weighted by atomic mass is 9.80. The van der Waals surface area contributed by atoms with Crippen molar-refractivity contribution in [1.82, 2.24) is 0 Å². The molecule has 2 rings (SSSR count). The second-order valence-electron chi connectivity index (χ2n) is 6.83. The van der Waals surface area contributed by atoms with Crippen molar-refractivity contribution >= 4 is 19.1 Å². The lowest BCUT2D eigenvalue weighted by molar-refractivity contribution is -0.899. The molecule has 5 nitrogen and oxygen atoms in total. The van der Waals surface area contributed by atoms with Crippen LogP contribution in [0.3, 0.4) is 0 Å². The van der Waals surface area contributed by atoms with Crippen LogP contribution >= 0.6 is 0 Å². The Morgan fingerprint density at radius 3 is 2.18 bits per heavy atom. The SMILES string of the molecule is C=C(C)B1OC(=O)C[N+]([CH2-])(C(C)C2CCCCC2)CC(=O)O1. The highest BCUT2D eigenvalue weighted by molar-refractivity contribution is 6.57. The van der Waals surface area contributed by atoms with E-state index in [0.717, 1.165) is 12.8 Å². The molecular weight excluding hydrogens is 281 g/mol. The van der Waals surface area contributed by atoms with Crippen molar-refractivity contribution in [2.24, 2.45) is 5.92 Å². The van der Waals surface area contributed by atoms with Crippen LogP contribution in [0.4, 0.5) is 0 Å². The van der Waals surface area contributed by atoms with Gasteiger partial charge in [0, 0.05) is 5.92 Å². The van der Waals surface area contributed by atoms with Gasteiger partial charge in [-0.1, -0.05) is 19.3 Å². The van der Waals surface area contributed by atoms with Crippen molar-refractivity contribution in [3.05, 3.63) is 19.1 Å². The molecule has 0 N–H and O–H groups in total. The van der Waals surface area contributed by atoms with E-state index < -0.39 is 19.1 Å². The summed E-state index contributed by atoms with van der Waals surface area (Å²) >= 11 is 0. The number of rotatable bonds is 3. The van der Waals surface area contributed by atoms with Gasteiger partial charge in [0.1, 0.15) is 0 Å². The Hall–Kier alpha value is -1.30. The maximum atomic E-state index is 12.1. The summed E-state index contributed by atoms with van der Waals surface area (Å²) in [6.07, 6.45) is 5.96. The van der Waals surface area contributed by atoms with Crippen LogP contribution in [0.25, 0.3) is 0 Å². The molecule has 0 bridgehead atoms. The van der Waals surface area contributed by atoms with Gasteiger partial charge >= 0.3 is 19.1 Å². The zero-order valence-corrected chi connectivity index (χ0v) is 13.7. The number of hydrogen-bond acceptors (Lipinski definition) is 4. The summed E-state index contributed by atoms with van der Waals surface area (Å²) in [4.78, 5) is 24.3. The zero-order valence-electron chi connectivity index (χ0n) is 13.7. The summed E-state index contributed by atoms with van der Waals surface area (Å²) < 4.78 is 10.6. The monoisotopic (exact) mass is 307 g/mol. The van der Waals surface area contributed by atoms with Crippen LogP contribution in [-0.4, -0.2) is 42.7 Å². The molecule has 0 spiro atoms. The standard InChI is InChI=1S/C16H26BNO4/c1-12(2)17-21-15(19)10-18(4,11-16(20)22-17)13(3)14-8-6-5-7-9-14/h13-14H,1,4-11H2,2-3H3. The fraction of sp³-hybridized carbons (Fsp3) is 0.688. The minimum absolute atomic E-state index is 0.0938. The van der Waals surface area contributed by atoms with Gasteiger partial charge in [-0.05, 0) is 32.2 Å². The molecule has 1 aliphatic heterocycles. The number of carbonyl (C=O) groups excluding carboxylic acids is 2. The molecule has 2 aliphatic rings. The van der Waals surface area contributed by atoms with Crippen LogP contribution in [-0.2, 0) is 18.9 Å². The zero-order chi connectivity index (χ0) is 16.3. The Kier molecular flexibility index (Phi) is 5.32. The van der Waals surface area contributed by atoms with Crippen molar-refractivity contribution in [2.45, 2.75) is 52.0 Å². The van der Waals surface area contributed by atoms with Crippen LogP contribution in [0.5, 0.6) is 0 Å². The van der Waals surface area contributed by atoms with Crippen LogP contribution < -0.4 is 0 Å². The van der Waals surface area contributed by atoms with E-state index >= 15 is 0 Å². The summed E-state index contributed by atoms with van der Waals surface area (Å²) in [6.45, 7) is 7.63. The first-order valence-electron chi connectivity index (χ1n) is 8.07. The maximum absolute atomic E-state index is 12.1. The summed E-state index contributed by atoms with van der Waals surface area (Å²) in [5.74, 6) is -0.292. The average Bonchev–Trinajstić information content (AvgIpc) is 2.44. The van der Waals surface area contributed by atoms with E-state index in [2.05, 4.69) is 20.6 Å². The molecule has 0 aromatic carbocycles. The van der Waals surface area contributed by atoms with Gasteiger partial charge in [0.05, 0.1) is 6.04 Å². The Bertz CT molecular complexity index is 439. The van der Waals surface area contributed by atoms with Gasteiger partial charge < -0.3 is 13.8 Å². The lowest BCUT2D eigenvalue weighted by Crippen LogP contribution is -2.60. The van der Waals surface area contributed by atoms with Gasteiger partial charge in [-0.15, -0.1) is 13.6 Å². The summed E-state index contributed by atoms with van der Waals surface area (Å²) in [5.41, 5.74) is 0.506. The van der Waals surface area contributed by atoms with Crippen molar-refractivity contribution in [3.8, 4) is 0 Å². The Morgan fingerprint density at radius 2 is 1.73 bits per heavy atom. The molecule has 1 heterocycles. The third-order valence-corrected chi connectivity index (χ3v) is 4.96. The van der Waals surface area contributed by atoms with E-state index in [1.165, 1.54) is 19.3 Å². The van der Waals surface area contributed by atoms with Crippen molar-refractivity contribution < 1.29 is 23.4 Å². The Labute approximate surface area is 133 Å². The lowest BCUT2D eigenvalue weighted by Gasteiger charge is -2.50. The summed E-state index contributed by atoms with van der Waals surface area (Å²) in [6, 6.07) is 0.127. The molecule has 0 aromatic heterocycles. The predicted molar refractivity (Wildman–Crippen MR) is 84.1 cm³/mol. The summed E-state index contributed by atoms with van der Waals surface area (Å²) in [7, 11) is 3.22. The second-order valence-corrected chi connectivity index (χ2v) is 6.83. The normalized spacial score (nSPS) is 24.8. The van der Waals surface area contributed by atoms with Crippen LogP contribution in [0.2, 0.25) is 0 Å². The van der Waals surface area contributed by atoms with E-state index in [1.807, 2.05) is 0 Å². The number of hydrogen-bond donors (Lipinski definition) is 0.